The fourth-order valence-corrected chi connectivity index (χ4v) is 2.97. The van der Waals surface area contributed by atoms with Gasteiger partial charge in [0.25, 0.3) is 0 Å². The molecule has 2 rings (SSSR count). The number of carbonyl (C=O) groups is 1. The van der Waals surface area contributed by atoms with E-state index >= 15 is 0 Å². The second-order valence-electron chi connectivity index (χ2n) is 5.62. The van der Waals surface area contributed by atoms with Crippen LogP contribution in [0.25, 0.3) is 0 Å². The Kier molecular flexibility index (Phi) is 10.3. The van der Waals surface area contributed by atoms with Crippen LogP contribution in [0.15, 0.2) is 28.7 Å². The van der Waals surface area contributed by atoms with Crippen LogP contribution >= 0.6 is 28.3 Å². The molecule has 0 atom stereocenters. The summed E-state index contributed by atoms with van der Waals surface area (Å²) in [5.74, 6) is 0.921. The number of amides is 1. The average molecular weight is 422 g/mol. The Bertz CT molecular complexity index is 496. The third-order valence-corrected chi connectivity index (χ3v) is 4.56. The SMILES string of the molecule is Cl.NCCCOC1CCN(C(=O)CCOc2ccccc2Br)CC1. The Labute approximate surface area is 158 Å². The predicted octanol–water partition coefficient (Wildman–Crippen LogP) is 3.00. The maximum atomic E-state index is 12.2. The number of rotatable bonds is 8. The van der Waals surface area contributed by atoms with E-state index in [2.05, 4.69) is 15.9 Å². The predicted molar refractivity (Wildman–Crippen MR) is 101 cm³/mol. The lowest BCUT2D eigenvalue weighted by molar-refractivity contribution is -0.134. The van der Waals surface area contributed by atoms with Gasteiger partial charge < -0.3 is 20.1 Å². The van der Waals surface area contributed by atoms with Gasteiger partial charge in [-0.15, -0.1) is 12.4 Å². The highest BCUT2D eigenvalue weighted by Gasteiger charge is 2.22. The van der Waals surface area contributed by atoms with Crippen molar-refractivity contribution in [3.63, 3.8) is 0 Å². The van der Waals surface area contributed by atoms with Gasteiger partial charge in [0.05, 0.1) is 23.6 Å². The minimum Gasteiger partial charge on any atom is -0.492 e. The molecule has 1 fully saturated rings. The van der Waals surface area contributed by atoms with Gasteiger partial charge >= 0.3 is 0 Å². The Morgan fingerprint density at radius 2 is 1.96 bits per heavy atom. The van der Waals surface area contributed by atoms with Crippen LogP contribution in [0.4, 0.5) is 0 Å². The molecule has 5 nitrogen and oxygen atoms in total. The lowest BCUT2D eigenvalue weighted by atomic mass is 10.1. The summed E-state index contributed by atoms with van der Waals surface area (Å²) in [4.78, 5) is 14.1. The molecule has 1 aliphatic heterocycles. The lowest BCUT2D eigenvalue weighted by Crippen LogP contribution is -2.41. The Hall–Kier alpha value is -0.820. The third-order valence-electron chi connectivity index (χ3n) is 3.91. The van der Waals surface area contributed by atoms with Crippen molar-refractivity contribution in [2.75, 3.05) is 32.8 Å². The number of likely N-dealkylation sites (tertiary alicyclic amines) is 1. The van der Waals surface area contributed by atoms with Crippen LogP contribution in [-0.2, 0) is 9.53 Å². The summed E-state index contributed by atoms with van der Waals surface area (Å²) < 4.78 is 12.3. The van der Waals surface area contributed by atoms with Crippen LogP contribution in [0.2, 0.25) is 0 Å². The second-order valence-corrected chi connectivity index (χ2v) is 6.48. The van der Waals surface area contributed by atoms with Crippen molar-refractivity contribution in [1.29, 1.82) is 0 Å². The Morgan fingerprint density at radius 3 is 2.62 bits per heavy atom. The summed E-state index contributed by atoms with van der Waals surface area (Å²) in [5.41, 5.74) is 5.46. The molecule has 24 heavy (non-hydrogen) atoms. The highest BCUT2D eigenvalue weighted by atomic mass is 79.9. The molecular formula is C17H26BrClN2O3. The van der Waals surface area contributed by atoms with E-state index in [-0.39, 0.29) is 24.4 Å². The smallest absolute Gasteiger partial charge is 0.226 e. The molecular weight excluding hydrogens is 396 g/mol. The largest absolute Gasteiger partial charge is 0.492 e. The number of para-hydroxylation sites is 1. The van der Waals surface area contributed by atoms with Gasteiger partial charge in [-0.3, -0.25) is 4.79 Å². The summed E-state index contributed by atoms with van der Waals surface area (Å²) >= 11 is 3.43. The number of halogens is 2. The van der Waals surface area contributed by atoms with Gasteiger partial charge in [0, 0.05) is 19.7 Å². The molecule has 1 heterocycles. The topological polar surface area (TPSA) is 64.8 Å². The highest BCUT2D eigenvalue weighted by Crippen LogP contribution is 2.24. The van der Waals surface area contributed by atoms with E-state index < -0.39 is 0 Å². The quantitative estimate of drug-likeness (QED) is 0.655. The average Bonchev–Trinajstić information content (AvgIpc) is 2.57. The molecule has 0 aromatic heterocycles. The molecule has 2 N–H and O–H groups in total. The van der Waals surface area contributed by atoms with Crippen molar-refractivity contribution in [3.8, 4) is 5.75 Å². The fourth-order valence-electron chi connectivity index (χ4n) is 2.57. The van der Waals surface area contributed by atoms with Crippen LogP contribution < -0.4 is 10.5 Å². The van der Waals surface area contributed by atoms with E-state index in [0.29, 0.717) is 19.6 Å². The van der Waals surface area contributed by atoms with E-state index in [1.54, 1.807) is 0 Å². The third kappa shape index (κ3) is 6.97. The number of benzene rings is 1. The fraction of sp³-hybridized carbons (Fsp3) is 0.588. The monoisotopic (exact) mass is 420 g/mol. The Balaban J connectivity index is 0.00000288. The zero-order chi connectivity index (χ0) is 16.5. The first-order chi connectivity index (χ1) is 11.2. The van der Waals surface area contributed by atoms with Gasteiger partial charge in [-0.2, -0.15) is 0 Å². The van der Waals surface area contributed by atoms with E-state index in [9.17, 15) is 4.79 Å². The molecule has 1 amide bonds. The van der Waals surface area contributed by atoms with Crippen molar-refractivity contribution >= 4 is 34.2 Å². The second kappa shape index (κ2) is 11.7. The van der Waals surface area contributed by atoms with Crippen molar-refractivity contribution in [2.24, 2.45) is 5.73 Å². The van der Waals surface area contributed by atoms with E-state index in [1.807, 2.05) is 29.2 Å². The van der Waals surface area contributed by atoms with Gasteiger partial charge in [0.1, 0.15) is 5.75 Å². The molecule has 1 aromatic carbocycles. The molecule has 0 unspecified atom stereocenters. The van der Waals surface area contributed by atoms with Crippen molar-refractivity contribution in [1.82, 2.24) is 4.90 Å². The number of hydrogen-bond donors (Lipinski definition) is 1. The first kappa shape index (κ1) is 21.2. The summed E-state index contributed by atoms with van der Waals surface area (Å²) in [6.07, 6.45) is 3.37. The van der Waals surface area contributed by atoms with Crippen LogP contribution in [-0.4, -0.2) is 49.8 Å². The van der Waals surface area contributed by atoms with Crippen LogP contribution in [0, 0.1) is 0 Å². The molecule has 0 bridgehead atoms. The van der Waals surface area contributed by atoms with Crippen molar-refractivity contribution in [3.05, 3.63) is 28.7 Å². The molecule has 136 valence electrons. The van der Waals surface area contributed by atoms with Crippen LogP contribution in [0.5, 0.6) is 5.75 Å². The van der Waals surface area contributed by atoms with Crippen molar-refractivity contribution < 1.29 is 14.3 Å². The summed E-state index contributed by atoms with van der Waals surface area (Å²) in [6, 6.07) is 7.66. The first-order valence-corrected chi connectivity index (χ1v) is 8.96. The number of nitrogens with two attached hydrogens (primary N) is 1. The molecule has 0 aliphatic carbocycles. The van der Waals surface area contributed by atoms with Gasteiger partial charge in [-0.1, -0.05) is 12.1 Å². The summed E-state index contributed by atoms with van der Waals surface area (Å²) in [7, 11) is 0. The first-order valence-electron chi connectivity index (χ1n) is 8.17. The molecule has 7 heteroatoms. The van der Waals surface area contributed by atoms with Gasteiger partial charge in [0.2, 0.25) is 5.91 Å². The normalized spacial score (nSPS) is 15.0. The molecule has 0 spiro atoms. The summed E-state index contributed by atoms with van der Waals surface area (Å²) in [6.45, 7) is 3.31. The standard InChI is InChI=1S/C17H25BrN2O3.ClH/c18-15-4-1-2-5-16(15)23-13-8-17(21)20-10-6-14(7-11-20)22-12-3-9-19;/h1-2,4-5,14H,3,6-13,19H2;1H. The van der Waals surface area contributed by atoms with Crippen molar-refractivity contribution in [2.45, 2.75) is 31.8 Å². The van der Waals surface area contributed by atoms with E-state index in [0.717, 1.165) is 49.2 Å². The number of carbonyl (C=O) groups excluding carboxylic acids is 1. The van der Waals surface area contributed by atoms with Crippen LogP contribution in [0.3, 0.4) is 0 Å². The number of nitrogens with zero attached hydrogens (tertiary/aromatic N) is 1. The highest BCUT2D eigenvalue weighted by molar-refractivity contribution is 9.10. The molecule has 0 radical (unpaired) electrons. The minimum absolute atomic E-state index is 0. The number of piperidine rings is 1. The summed E-state index contributed by atoms with van der Waals surface area (Å²) in [5, 5.41) is 0. The molecule has 1 aromatic rings. The van der Waals surface area contributed by atoms with Gasteiger partial charge in [-0.25, -0.2) is 0 Å². The number of ether oxygens (including phenoxy) is 2. The van der Waals surface area contributed by atoms with E-state index in [1.165, 1.54) is 0 Å². The minimum atomic E-state index is 0. The van der Waals surface area contributed by atoms with Crippen LogP contribution in [0.1, 0.15) is 25.7 Å². The van der Waals surface area contributed by atoms with Gasteiger partial charge in [0.15, 0.2) is 0 Å². The zero-order valence-corrected chi connectivity index (χ0v) is 16.2. The molecule has 1 aliphatic rings. The molecule has 0 saturated carbocycles. The lowest BCUT2D eigenvalue weighted by Gasteiger charge is -2.32. The Morgan fingerprint density at radius 1 is 1.25 bits per heavy atom. The van der Waals surface area contributed by atoms with E-state index in [4.69, 9.17) is 15.2 Å². The molecule has 1 saturated heterocycles. The number of hydrogen-bond acceptors (Lipinski definition) is 4. The zero-order valence-electron chi connectivity index (χ0n) is 13.8. The maximum absolute atomic E-state index is 12.2. The van der Waals surface area contributed by atoms with Gasteiger partial charge in [-0.05, 0) is 53.9 Å². The maximum Gasteiger partial charge on any atom is 0.226 e.